The minimum absolute atomic E-state index is 0. The first-order valence-corrected chi connectivity index (χ1v) is 111. The highest BCUT2D eigenvalue weighted by Crippen LogP contribution is 2.32. The van der Waals surface area contributed by atoms with Gasteiger partial charge in [0.2, 0.25) is 0 Å². The third-order valence-electron chi connectivity index (χ3n) is 9.76. The summed E-state index contributed by atoms with van der Waals surface area (Å²) in [6, 6.07) is 9.77. The van der Waals surface area contributed by atoms with Crippen LogP contribution in [0.1, 0.15) is 44.2 Å². The van der Waals surface area contributed by atoms with Gasteiger partial charge in [-0.15, -0.1) is 24.4 Å². The Bertz CT molecular complexity index is 6240. The normalized spacial score (nSPS) is 14.4. The second-order valence-corrected chi connectivity index (χ2v) is 129. The maximum atomic E-state index is 12.6. The largest absolute Gasteiger partial charge is 0.353 e. The Balaban J connectivity index is 0.000000704. The smallest absolute Gasteiger partial charge is 0.251 e. The molecule has 73 heteroatoms. The zero-order chi connectivity index (χ0) is 73.4. The Hall–Kier alpha value is 11.2. The first-order chi connectivity index (χ1) is 50.6. The van der Waals surface area contributed by atoms with Gasteiger partial charge in [0.25, 0.3) is 6.43 Å². The number of fused-ring (bicyclic) bond motifs is 4. The summed E-state index contributed by atoms with van der Waals surface area (Å²) in [4.78, 5) is 15.5. The molecule has 2 aromatic heterocycles. The fourth-order valence-corrected chi connectivity index (χ4v) is 169. The lowest BCUT2D eigenvalue weighted by Gasteiger charge is -2.41. The lowest BCUT2D eigenvalue weighted by molar-refractivity contribution is 0.0557. The van der Waals surface area contributed by atoms with E-state index in [1.165, 1.54) is 30.6 Å². The molecule has 0 saturated carbocycles. The van der Waals surface area contributed by atoms with Crippen molar-refractivity contribution in [2.75, 3.05) is 42.5 Å². The van der Waals surface area contributed by atoms with Crippen molar-refractivity contribution in [3.05, 3.63) is 47.8 Å². The Kier molecular flexibility index (Phi) is 87.8. The molecule has 4 aliphatic rings. The summed E-state index contributed by atoms with van der Waals surface area (Å²) in [5.74, 6) is 7.79. The summed E-state index contributed by atoms with van der Waals surface area (Å²) in [6.45, 7) is 10.4. The number of nitrogens with one attached hydrogen (secondary N) is 1. The first-order valence-electron chi connectivity index (χ1n) is 24.7. The molecule has 105 heavy (non-hydrogen) atoms. The maximum Gasteiger partial charge on any atom is 0.251 e. The third kappa shape index (κ3) is 66.3. The third-order valence-corrected chi connectivity index (χ3v) is 144. The Morgan fingerprint density at radius 1 is 0.400 bits per heavy atom. The van der Waals surface area contributed by atoms with Gasteiger partial charge < -0.3 is 15.1 Å². The van der Waals surface area contributed by atoms with Crippen LogP contribution >= 0.6 is 12.4 Å². The highest BCUT2D eigenvalue weighted by molar-refractivity contribution is 8.83. The molecule has 0 aliphatic carbocycles. The van der Waals surface area contributed by atoms with E-state index in [2.05, 4.69) is 74.2 Å². The molecule has 4 unspecified atom stereocenters. The average Bonchev–Trinajstić information content (AvgIpc) is 1.66. The molecular weight excluding hydrogens is 2590 g/mol. The van der Waals surface area contributed by atoms with Crippen LogP contribution in [-0.2, 0) is 564 Å². The molecule has 2 aromatic rings. The number of rotatable bonds is 4. The van der Waals surface area contributed by atoms with Crippen molar-refractivity contribution in [1.29, 1.82) is 0 Å². The molecular formula is C32H45ClF2N6S63Si. The van der Waals surface area contributed by atoms with E-state index in [1.807, 2.05) is 441 Å². The van der Waals surface area contributed by atoms with Crippen LogP contribution in [0.25, 0.3) is 0 Å². The van der Waals surface area contributed by atoms with Gasteiger partial charge in [0, 0.05) is 638 Å². The van der Waals surface area contributed by atoms with E-state index in [-0.39, 0.29) is 38.5 Å². The van der Waals surface area contributed by atoms with Crippen LogP contribution in [0.3, 0.4) is 0 Å². The lowest BCUT2D eigenvalue weighted by atomic mass is 10.2. The van der Waals surface area contributed by atoms with Gasteiger partial charge >= 0.3 is 0 Å². The summed E-state index contributed by atoms with van der Waals surface area (Å²) in [5.41, 5.74) is 5.18. The van der Waals surface area contributed by atoms with Gasteiger partial charge in [0.1, 0.15) is 19.7 Å². The molecule has 0 aromatic carbocycles. The minimum atomic E-state index is -2.25. The van der Waals surface area contributed by atoms with Crippen LogP contribution < -0.4 is 15.1 Å². The van der Waals surface area contributed by atoms with Gasteiger partial charge in [0.05, 0.1) is 6.54 Å². The fourth-order valence-electron chi connectivity index (χ4n) is 6.85. The molecule has 0 radical (unpaired) electrons. The standard InChI is InChI=1S/C16H23N3Si.C15H17F2N3.CH4.ClH.S63/c1-20(2,3)9-8-13-4-7-16(17-10-13)19-11-14-5-6-15(12-19)18-14;1-2-11-3-6-15(18-7-11)19-8-12-4-5-13(9-19)20(12)10-14(16)17;;;1-3-5-7-9-11-13-15-17-19-21-23-25-27-29-31-33-35-37-39-41-43-45-47-49-51-53-55-57-59-61-63-62-60-58-56-54-52-50-48-46-44-42-40-38-36-34-32-30-28-26-24-22-20-18-16-14-12-10-8-6-4-2/h4,7,10,14-15,18H,5-6,11-12H2,1-3H3;1,3,6-7,12-14H,4-5,8-10H2;1H4;1H;. The van der Waals surface area contributed by atoms with Gasteiger partial charge in [-0.2, -0.15) is 0 Å². The van der Waals surface area contributed by atoms with Crippen LogP contribution in [0.4, 0.5) is 20.4 Å². The Labute approximate surface area is 803 Å². The molecule has 4 fully saturated rings. The first kappa shape index (κ1) is 112. The number of pyridine rings is 2. The summed E-state index contributed by atoms with van der Waals surface area (Å²) in [6.07, 6.45) is 11.3. The van der Waals surface area contributed by atoms with Crippen molar-refractivity contribution in [1.82, 2.24) is 20.2 Å². The average molecular weight is 2640 g/mol. The van der Waals surface area contributed by atoms with Gasteiger partial charge in [-0.3, -0.25) is 4.90 Å². The number of hydrogen-bond donors (Lipinski definition) is 1. The zero-order valence-electron chi connectivity index (χ0n) is 49.9. The molecule has 0 amide bonds. The number of aromatic nitrogens is 2. The molecule has 6 rings (SSSR count). The fraction of sp³-hybridized carbons (Fsp3) is 0.562. The number of piperazine rings is 2. The highest BCUT2D eigenvalue weighted by atomic mass is 35.5. The number of anilines is 2. The highest BCUT2D eigenvalue weighted by Gasteiger charge is 2.41. The van der Waals surface area contributed by atoms with Crippen LogP contribution in [0, 0.1) is 23.8 Å². The van der Waals surface area contributed by atoms with E-state index in [1.54, 1.807) is 113 Å². The number of alkyl halides is 2. The van der Waals surface area contributed by atoms with Gasteiger partial charge in [-0.25, -0.2) is 18.7 Å². The second kappa shape index (κ2) is 82.2. The topological polar surface area (TPSA) is 47.5 Å². The van der Waals surface area contributed by atoms with Crippen LogP contribution in [0.2, 0.25) is 19.6 Å². The zero-order valence-corrected chi connectivity index (χ0v) is 103. The van der Waals surface area contributed by atoms with Crippen molar-refractivity contribution >= 4 is 596 Å². The van der Waals surface area contributed by atoms with Crippen LogP contribution in [-0.4, -0.2) is 86.3 Å². The maximum absolute atomic E-state index is 12.6. The number of nitrogens with zero attached hydrogens (tertiary/aromatic N) is 5. The van der Waals surface area contributed by atoms with Crippen molar-refractivity contribution < 1.29 is 8.78 Å². The Morgan fingerprint density at radius 2 is 0.638 bits per heavy atom. The molecule has 606 valence electrons. The van der Waals surface area contributed by atoms with Crippen LogP contribution in [0.5, 0.6) is 0 Å². The molecule has 4 aliphatic heterocycles. The van der Waals surface area contributed by atoms with E-state index in [0.717, 1.165) is 61.8 Å². The lowest BCUT2D eigenvalue weighted by Crippen LogP contribution is -2.55. The summed E-state index contributed by atoms with van der Waals surface area (Å²) in [5, 5.41) is 3.65. The predicted molar refractivity (Wildman–Crippen MR) is 638 cm³/mol. The van der Waals surface area contributed by atoms with Crippen LogP contribution in [0.15, 0.2) is 36.7 Å². The van der Waals surface area contributed by atoms with Crippen molar-refractivity contribution in [2.24, 2.45) is 0 Å². The molecule has 6 heterocycles. The quantitative estimate of drug-likeness (QED) is 0.335. The summed E-state index contributed by atoms with van der Waals surface area (Å²) < 4.78 is 25.2. The molecule has 0 spiro atoms. The van der Waals surface area contributed by atoms with E-state index in [9.17, 15) is 8.78 Å². The predicted octanol–water partition coefficient (Wildman–Crippen LogP) is 5.14. The summed E-state index contributed by atoms with van der Waals surface area (Å²) in [7, 11) is 108. The minimum Gasteiger partial charge on any atom is -0.353 e. The number of hydrogen-bond acceptors (Lipinski definition) is 8. The van der Waals surface area contributed by atoms with Crippen molar-refractivity contribution in [3.8, 4) is 23.8 Å². The Morgan fingerprint density at radius 3 is 0.848 bits per heavy atom. The van der Waals surface area contributed by atoms with E-state index in [0.29, 0.717) is 12.1 Å². The summed E-state index contributed by atoms with van der Waals surface area (Å²) >= 11 is 9.64. The SMILES string of the molecule is C.C#Cc1ccc(N2CC3CCC(C2)N3CC(F)F)nc1.C[Si](C)(C)C#Cc1ccc(N2CC3CCC(C2)N3)nc1.Cl.S=S=S=S=S=S=S=S=S=S=S=S=S=S=S=S=S=S=S=S=S=S=S=S=S=S=S=S=S=S=S=S=S=S=S=S=S=S=S=S=S=S=S=S=S=S=S=S=S=S=S=S=S=S=S=S=S=S=S=S=S=S=S. The molecule has 6 nitrogen and oxygen atoms in total. The van der Waals surface area contributed by atoms with Crippen molar-refractivity contribution in [2.45, 2.75) is 83.3 Å². The number of halogens is 3. The van der Waals surface area contributed by atoms with Crippen molar-refractivity contribution in [3.63, 3.8) is 0 Å². The van der Waals surface area contributed by atoms with Gasteiger partial charge in [-0.1, -0.05) is 38.9 Å². The van der Waals surface area contributed by atoms with E-state index in [4.69, 9.17) is 28.8 Å². The molecule has 4 bridgehead atoms. The van der Waals surface area contributed by atoms with Gasteiger partial charge in [0.15, 0.2) is 0 Å². The number of terminal acetylenes is 1. The van der Waals surface area contributed by atoms with Gasteiger partial charge in [-0.05, 0) is 49.9 Å². The molecule has 4 saturated heterocycles. The van der Waals surface area contributed by atoms with E-state index >= 15 is 0 Å². The molecule has 4 atom stereocenters. The van der Waals surface area contributed by atoms with E-state index < -0.39 is 14.5 Å². The second-order valence-electron chi connectivity index (χ2n) is 16.5. The molecule has 1 N–H and O–H groups in total. The monoisotopic (exact) mass is 2630 g/mol.